The first-order valence-electron chi connectivity index (χ1n) is 5.61. The number of amides is 3. The zero-order valence-electron chi connectivity index (χ0n) is 11.3. The second-order valence-corrected chi connectivity index (χ2v) is 4.41. The van der Waals surface area contributed by atoms with E-state index in [4.69, 9.17) is 5.73 Å². The van der Waals surface area contributed by atoms with Crippen molar-refractivity contribution < 1.29 is 19.3 Å². The van der Waals surface area contributed by atoms with Gasteiger partial charge in [-0.1, -0.05) is 6.92 Å². The van der Waals surface area contributed by atoms with Crippen LogP contribution in [0.4, 0.5) is 4.79 Å². The van der Waals surface area contributed by atoms with E-state index in [0.717, 1.165) is 0 Å². The molecule has 1 aliphatic rings. The molecule has 8 heteroatoms. The number of carbonyl (C=O) groups excluding carboxylic acids is 2. The number of carbonyl (C=O) groups is 2. The van der Waals surface area contributed by atoms with Gasteiger partial charge in [-0.15, -0.1) is 0 Å². The second kappa shape index (κ2) is 5.51. The monoisotopic (exact) mass is 268 g/mol. The van der Waals surface area contributed by atoms with E-state index in [1.165, 1.54) is 15.7 Å². The molecule has 4 N–H and O–H groups in total. The number of hydrogen-bond donors (Lipinski definition) is 3. The van der Waals surface area contributed by atoms with E-state index in [2.05, 4.69) is 10.5 Å². The summed E-state index contributed by atoms with van der Waals surface area (Å²) in [5, 5.41) is 13.8. The van der Waals surface area contributed by atoms with E-state index in [9.17, 15) is 14.7 Å². The number of hydrazone groups is 1. The molecular formula is C11H18N5O3+. The molecule has 3 amide bonds. The average Bonchev–Trinajstić information content (AvgIpc) is 2.31. The maximum Gasteiger partial charge on any atom is 0.374 e. The first kappa shape index (κ1) is 14.7. The molecule has 0 aromatic carbocycles. The number of rotatable bonds is 2. The van der Waals surface area contributed by atoms with Gasteiger partial charge in [0.15, 0.2) is 6.21 Å². The van der Waals surface area contributed by atoms with Gasteiger partial charge in [0.05, 0.1) is 0 Å². The summed E-state index contributed by atoms with van der Waals surface area (Å²) >= 11 is 0. The predicted octanol–water partition coefficient (Wildman–Crippen LogP) is -0.769. The fourth-order valence-electron chi connectivity index (χ4n) is 1.67. The standard InChI is InChI=1S/C11H17N5O3/c1-6-7(13-14-11(12)19)5-16(4)10(18)8(6)9(17)15(2)3/h5-6H,1-4H3,(H3,12,17,18,19)/p+1. The average molecular weight is 268 g/mol. The van der Waals surface area contributed by atoms with Crippen LogP contribution in [-0.2, 0) is 4.79 Å². The highest BCUT2D eigenvalue weighted by Crippen LogP contribution is 2.21. The fraction of sp³-hybridized carbons (Fsp3) is 0.455. The lowest BCUT2D eigenvalue weighted by Gasteiger charge is -2.20. The van der Waals surface area contributed by atoms with Crippen LogP contribution >= 0.6 is 0 Å². The molecule has 0 radical (unpaired) electrons. The molecule has 0 saturated heterocycles. The molecule has 0 aliphatic carbocycles. The van der Waals surface area contributed by atoms with Gasteiger partial charge in [0.1, 0.15) is 18.3 Å². The second-order valence-electron chi connectivity index (χ2n) is 4.41. The molecule has 19 heavy (non-hydrogen) atoms. The quantitative estimate of drug-likeness (QED) is 0.451. The van der Waals surface area contributed by atoms with Crippen molar-refractivity contribution >= 4 is 23.9 Å². The Labute approximate surface area is 110 Å². The van der Waals surface area contributed by atoms with E-state index >= 15 is 0 Å². The Balaban J connectivity index is 3.20. The molecule has 0 bridgehead atoms. The summed E-state index contributed by atoms with van der Waals surface area (Å²) in [5.74, 6) is -0.918. The number of primary amides is 1. The fourth-order valence-corrected chi connectivity index (χ4v) is 1.67. The Kier molecular flexibility index (Phi) is 4.26. The Morgan fingerprint density at radius 1 is 1.53 bits per heavy atom. The van der Waals surface area contributed by atoms with Crippen molar-refractivity contribution in [2.75, 3.05) is 21.1 Å². The number of aliphatic hydroxyl groups is 1. The van der Waals surface area contributed by atoms with Crippen LogP contribution in [0.1, 0.15) is 6.92 Å². The van der Waals surface area contributed by atoms with Crippen LogP contribution in [0.5, 0.6) is 0 Å². The minimum Gasteiger partial charge on any atom is -0.459 e. The van der Waals surface area contributed by atoms with Crippen LogP contribution in [-0.4, -0.2) is 59.6 Å². The highest BCUT2D eigenvalue weighted by molar-refractivity contribution is 6.32. The molecule has 0 fully saturated rings. The summed E-state index contributed by atoms with van der Waals surface area (Å²) in [6.45, 7) is 1.71. The third kappa shape index (κ3) is 3.09. The van der Waals surface area contributed by atoms with Crippen LogP contribution in [0, 0.1) is 5.92 Å². The number of nitrogens with two attached hydrogens (primary N) is 1. The molecule has 104 valence electrons. The normalized spacial score (nSPS) is 21.2. The van der Waals surface area contributed by atoms with E-state index in [1.54, 1.807) is 28.1 Å². The van der Waals surface area contributed by atoms with Gasteiger partial charge in [-0.3, -0.25) is 4.79 Å². The molecule has 0 saturated carbocycles. The van der Waals surface area contributed by atoms with Crippen LogP contribution in [0.3, 0.4) is 0 Å². The molecule has 1 rings (SSSR count). The van der Waals surface area contributed by atoms with Gasteiger partial charge in [-0.2, -0.15) is 9.68 Å². The first-order chi connectivity index (χ1) is 8.75. The van der Waals surface area contributed by atoms with E-state index < -0.39 is 11.9 Å². The third-order valence-electron chi connectivity index (χ3n) is 2.71. The van der Waals surface area contributed by atoms with Crippen molar-refractivity contribution in [1.29, 1.82) is 0 Å². The first-order valence-corrected chi connectivity index (χ1v) is 5.61. The molecular weight excluding hydrogens is 250 g/mol. The van der Waals surface area contributed by atoms with Crippen molar-refractivity contribution in [2.24, 2.45) is 16.8 Å². The lowest BCUT2D eigenvalue weighted by molar-refractivity contribution is -0.472. The van der Waals surface area contributed by atoms with Crippen LogP contribution < -0.4 is 11.2 Å². The van der Waals surface area contributed by atoms with Crippen LogP contribution in [0.25, 0.3) is 0 Å². The van der Waals surface area contributed by atoms with Crippen molar-refractivity contribution in [2.45, 2.75) is 6.92 Å². The molecule has 0 aromatic heterocycles. The molecule has 1 atom stereocenters. The highest BCUT2D eigenvalue weighted by Gasteiger charge is 2.36. The summed E-state index contributed by atoms with van der Waals surface area (Å²) in [6, 6.07) is -0.796. The van der Waals surface area contributed by atoms with Gasteiger partial charge in [0.2, 0.25) is 0 Å². The number of likely N-dealkylation sites (N-methyl/N-ethyl adjacent to an activating group) is 1. The molecule has 8 nitrogen and oxygen atoms in total. The van der Waals surface area contributed by atoms with Gasteiger partial charge in [-0.05, 0) is 0 Å². The molecule has 1 unspecified atom stereocenters. The minimum atomic E-state index is -0.796. The molecule has 1 aliphatic heterocycles. The van der Waals surface area contributed by atoms with E-state index in [1.807, 2.05) is 0 Å². The van der Waals surface area contributed by atoms with Gasteiger partial charge in [-0.25, -0.2) is 10.2 Å². The van der Waals surface area contributed by atoms with Gasteiger partial charge < -0.3 is 15.7 Å². The van der Waals surface area contributed by atoms with Gasteiger partial charge in [0.25, 0.3) is 5.91 Å². The van der Waals surface area contributed by atoms with Crippen molar-refractivity contribution in [3.63, 3.8) is 0 Å². The summed E-state index contributed by atoms with van der Waals surface area (Å²) in [5.41, 5.74) is 7.68. The topological polar surface area (TPSA) is 111 Å². The zero-order valence-corrected chi connectivity index (χ0v) is 11.3. The van der Waals surface area contributed by atoms with E-state index in [0.29, 0.717) is 5.71 Å². The Bertz CT molecular complexity index is 504. The summed E-state index contributed by atoms with van der Waals surface area (Å²) in [6.07, 6.45) is 1.52. The largest absolute Gasteiger partial charge is 0.459 e. The summed E-state index contributed by atoms with van der Waals surface area (Å²) in [7, 11) is 4.75. The third-order valence-corrected chi connectivity index (χ3v) is 2.71. The predicted molar refractivity (Wildman–Crippen MR) is 69.9 cm³/mol. The number of nitrogens with one attached hydrogen (secondary N) is 1. The van der Waals surface area contributed by atoms with Crippen molar-refractivity contribution in [3.8, 4) is 0 Å². The lowest BCUT2D eigenvalue weighted by Crippen LogP contribution is -2.38. The van der Waals surface area contributed by atoms with Crippen LogP contribution in [0.2, 0.25) is 0 Å². The summed E-state index contributed by atoms with van der Waals surface area (Å²) in [4.78, 5) is 24.1. The maximum absolute atomic E-state index is 12.0. The van der Waals surface area contributed by atoms with E-state index in [-0.39, 0.29) is 17.4 Å². The summed E-state index contributed by atoms with van der Waals surface area (Å²) < 4.78 is 1.36. The van der Waals surface area contributed by atoms with Crippen molar-refractivity contribution in [3.05, 3.63) is 11.5 Å². The molecule has 1 heterocycles. The lowest BCUT2D eigenvalue weighted by atomic mass is 9.93. The highest BCUT2D eigenvalue weighted by atomic mass is 16.3. The number of aliphatic hydroxyl groups excluding tert-OH is 1. The minimum absolute atomic E-state index is 0.135. The Morgan fingerprint density at radius 2 is 2.11 bits per heavy atom. The van der Waals surface area contributed by atoms with Crippen molar-refractivity contribution in [1.82, 2.24) is 10.3 Å². The zero-order chi connectivity index (χ0) is 14.7. The molecule has 0 aromatic rings. The SMILES string of the molecule is CC1C(=NNC(N)=O)C=[N+](C)C(O)=C1C(=O)N(C)C. The number of hydrogen-bond acceptors (Lipinski definition) is 4. The van der Waals surface area contributed by atoms with Gasteiger partial charge in [0, 0.05) is 20.0 Å². The number of nitrogens with zero attached hydrogens (tertiary/aromatic N) is 3. The Hall–Kier alpha value is -2.38. The Morgan fingerprint density at radius 3 is 2.58 bits per heavy atom. The number of urea groups is 1. The van der Waals surface area contributed by atoms with Gasteiger partial charge >= 0.3 is 11.9 Å². The smallest absolute Gasteiger partial charge is 0.374 e. The van der Waals surface area contributed by atoms with Crippen LogP contribution in [0.15, 0.2) is 16.6 Å². The molecule has 0 spiro atoms. The maximum atomic E-state index is 12.0.